The molecule has 1 aromatic carbocycles. The van der Waals surface area contributed by atoms with E-state index in [4.69, 9.17) is 16.3 Å². The predicted molar refractivity (Wildman–Crippen MR) is 79.6 cm³/mol. The second-order valence-corrected chi connectivity index (χ2v) is 4.84. The highest BCUT2D eigenvalue weighted by atomic mass is 35.5. The van der Waals surface area contributed by atoms with Crippen molar-refractivity contribution in [3.05, 3.63) is 51.3 Å². The lowest BCUT2D eigenvalue weighted by molar-refractivity contribution is -0.386. The number of alkyl halides is 1. The molecule has 1 heterocycles. The standard InChI is InChI=1S/C14H16ClN3O3/c1-3-17-12(6-10(2)16-17)9-21-14-7-11(8-15)4-5-13(14)18(19)20/h4-7H,3,8-9H2,1-2H3. The number of halogens is 1. The normalized spacial score (nSPS) is 10.6. The third-order valence-corrected chi connectivity index (χ3v) is 3.34. The zero-order chi connectivity index (χ0) is 15.4. The topological polar surface area (TPSA) is 70.2 Å². The van der Waals surface area contributed by atoms with Crippen molar-refractivity contribution in [3.8, 4) is 5.75 Å². The van der Waals surface area contributed by atoms with E-state index in [1.165, 1.54) is 6.07 Å². The van der Waals surface area contributed by atoms with Crippen LogP contribution >= 0.6 is 11.6 Å². The van der Waals surface area contributed by atoms with Crippen molar-refractivity contribution in [2.24, 2.45) is 0 Å². The summed E-state index contributed by atoms with van der Waals surface area (Å²) in [6, 6.07) is 6.54. The molecule has 0 atom stereocenters. The van der Waals surface area contributed by atoms with Gasteiger partial charge in [0.05, 0.1) is 16.3 Å². The van der Waals surface area contributed by atoms with Gasteiger partial charge in [0.25, 0.3) is 0 Å². The van der Waals surface area contributed by atoms with E-state index < -0.39 is 4.92 Å². The molecule has 0 aliphatic rings. The Bertz CT molecular complexity index is 655. The van der Waals surface area contributed by atoms with Crippen molar-refractivity contribution >= 4 is 17.3 Å². The lowest BCUT2D eigenvalue weighted by Gasteiger charge is -2.09. The fraction of sp³-hybridized carbons (Fsp3) is 0.357. The van der Waals surface area contributed by atoms with Crippen LogP contribution in [-0.2, 0) is 19.0 Å². The summed E-state index contributed by atoms with van der Waals surface area (Å²) in [6.07, 6.45) is 0. The van der Waals surface area contributed by atoms with Crippen LogP contribution in [0.3, 0.4) is 0 Å². The molecule has 0 N–H and O–H groups in total. The summed E-state index contributed by atoms with van der Waals surface area (Å²) >= 11 is 5.76. The molecular formula is C14H16ClN3O3. The minimum atomic E-state index is -0.463. The fourth-order valence-corrected chi connectivity index (χ4v) is 2.22. The van der Waals surface area contributed by atoms with Crippen molar-refractivity contribution in [2.45, 2.75) is 32.9 Å². The molecule has 1 aromatic heterocycles. The number of nitro groups is 1. The van der Waals surface area contributed by atoms with Crippen LogP contribution in [-0.4, -0.2) is 14.7 Å². The summed E-state index contributed by atoms with van der Waals surface area (Å²) in [6.45, 7) is 4.82. The summed E-state index contributed by atoms with van der Waals surface area (Å²) in [4.78, 5) is 10.6. The van der Waals surface area contributed by atoms with E-state index in [0.29, 0.717) is 0 Å². The first-order valence-electron chi connectivity index (χ1n) is 6.54. The average Bonchev–Trinajstić information content (AvgIpc) is 2.84. The minimum absolute atomic E-state index is 0.0665. The summed E-state index contributed by atoms with van der Waals surface area (Å²) in [7, 11) is 0. The van der Waals surface area contributed by atoms with Gasteiger partial charge >= 0.3 is 5.69 Å². The fourth-order valence-electron chi connectivity index (χ4n) is 2.05. The predicted octanol–water partition coefficient (Wildman–Crippen LogP) is 3.44. The molecule has 2 rings (SSSR count). The molecule has 0 spiro atoms. The second-order valence-electron chi connectivity index (χ2n) is 4.57. The van der Waals surface area contributed by atoms with Crippen molar-refractivity contribution in [3.63, 3.8) is 0 Å². The molecule has 0 aliphatic heterocycles. The van der Waals surface area contributed by atoms with Crippen LogP contribution in [0.1, 0.15) is 23.9 Å². The van der Waals surface area contributed by atoms with Gasteiger partial charge in [-0.15, -0.1) is 11.6 Å². The number of nitrogens with zero attached hydrogens (tertiary/aromatic N) is 3. The molecule has 0 saturated heterocycles. The maximum absolute atomic E-state index is 11.0. The van der Waals surface area contributed by atoms with Crippen LogP contribution < -0.4 is 4.74 Å². The zero-order valence-corrected chi connectivity index (χ0v) is 12.6. The number of aromatic nitrogens is 2. The largest absolute Gasteiger partial charge is 0.480 e. The highest BCUT2D eigenvalue weighted by molar-refractivity contribution is 6.17. The van der Waals surface area contributed by atoms with Crippen molar-refractivity contribution in [1.82, 2.24) is 9.78 Å². The van der Waals surface area contributed by atoms with E-state index in [1.54, 1.807) is 12.1 Å². The number of hydrogen-bond acceptors (Lipinski definition) is 4. The van der Waals surface area contributed by atoms with E-state index >= 15 is 0 Å². The second kappa shape index (κ2) is 6.58. The Hall–Kier alpha value is -2.08. The molecule has 21 heavy (non-hydrogen) atoms. The molecule has 6 nitrogen and oxygen atoms in total. The van der Waals surface area contributed by atoms with Gasteiger partial charge in [0.2, 0.25) is 0 Å². The Balaban J connectivity index is 2.23. The van der Waals surface area contributed by atoms with Gasteiger partial charge in [0.15, 0.2) is 5.75 Å². The van der Waals surface area contributed by atoms with Crippen LogP contribution in [0.4, 0.5) is 5.69 Å². The lowest BCUT2D eigenvalue weighted by Crippen LogP contribution is -2.07. The molecule has 7 heteroatoms. The quantitative estimate of drug-likeness (QED) is 0.465. The first-order chi connectivity index (χ1) is 10.0. The maximum atomic E-state index is 11.0. The Morgan fingerprint density at radius 2 is 2.19 bits per heavy atom. The summed E-state index contributed by atoms with van der Waals surface area (Å²) in [5.41, 5.74) is 2.47. The summed E-state index contributed by atoms with van der Waals surface area (Å²) in [5.74, 6) is 0.500. The highest BCUT2D eigenvalue weighted by Gasteiger charge is 2.16. The molecular weight excluding hydrogens is 294 g/mol. The number of aryl methyl sites for hydroxylation is 2. The van der Waals surface area contributed by atoms with E-state index in [-0.39, 0.29) is 23.9 Å². The van der Waals surface area contributed by atoms with Gasteiger partial charge in [-0.3, -0.25) is 14.8 Å². The molecule has 0 unspecified atom stereocenters. The molecule has 0 aliphatic carbocycles. The van der Waals surface area contributed by atoms with Crippen LogP contribution in [0.5, 0.6) is 5.75 Å². The van der Waals surface area contributed by atoms with Gasteiger partial charge in [-0.1, -0.05) is 6.07 Å². The molecule has 0 bridgehead atoms. The van der Waals surface area contributed by atoms with Crippen molar-refractivity contribution < 1.29 is 9.66 Å². The first kappa shape index (κ1) is 15.3. The monoisotopic (exact) mass is 309 g/mol. The van der Waals surface area contributed by atoms with Gasteiger partial charge in [0, 0.05) is 18.5 Å². The lowest BCUT2D eigenvalue weighted by atomic mass is 10.2. The average molecular weight is 310 g/mol. The van der Waals surface area contributed by atoms with E-state index in [1.807, 2.05) is 24.6 Å². The molecule has 0 saturated carbocycles. The zero-order valence-electron chi connectivity index (χ0n) is 11.9. The van der Waals surface area contributed by atoms with Gasteiger partial charge in [0.1, 0.15) is 6.61 Å². The third kappa shape index (κ3) is 3.52. The smallest absolute Gasteiger partial charge is 0.310 e. The van der Waals surface area contributed by atoms with Crippen molar-refractivity contribution in [1.29, 1.82) is 0 Å². The number of ether oxygens (including phenoxy) is 1. The van der Waals surface area contributed by atoms with Gasteiger partial charge in [-0.05, 0) is 31.5 Å². The van der Waals surface area contributed by atoms with Crippen LogP contribution in [0.25, 0.3) is 0 Å². The SMILES string of the molecule is CCn1nc(C)cc1COc1cc(CCl)ccc1[N+](=O)[O-]. The van der Waals surface area contributed by atoms with Crippen LogP contribution in [0.15, 0.2) is 24.3 Å². The number of benzene rings is 1. The number of hydrogen-bond donors (Lipinski definition) is 0. The number of nitro benzene ring substituents is 1. The molecule has 0 amide bonds. The first-order valence-corrected chi connectivity index (χ1v) is 7.08. The highest BCUT2D eigenvalue weighted by Crippen LogP contribution is 2.29. The Kier molecular flexibility index (Phi) is 4.80. The Morgan fingerprint density at radius 3 is 2.81 bits per heavy atom. The van der Waals surface area contributed by atoms with E-state index in [9.17, 15) is 10.1 Å². The molecule has 0 radical (unpaired) electrons. The van der Waals surface area contributed by atoms with Gasteiger partial charge in [-0.25, -0.2) is 0 Å². The molecule has 0 fully saturated rings. The van der Waals surface area contributed by atoms with Gasteiger partial charge in [-0.2, -0.15) is 5.10 Å². The van der Waals surface area contributed by atoms with Gasteiger partial charge < -0.3 is 4.74 Å². The summed E-state index contributed by atoms with van der Waals surface area (Å²) < 4.78 is 7.43. The van der Waals surface area contributed by atoms with E-state index in [0.717, 1.165) is 23.5 Å². The third-order valence-electron chi connectivity index (χ3n) is 3.04. The minimum Gasteiger partial charge on any atom is -0.480 e. The summed E-state index contributed by atoms with van der Waals surface area (Å²) in [5, 5.41) is 15.3. The van der Waals surface area contributed by atoms with Crippen LogP contribution in [0.2, 0.25) is 0 Å². The van der Waals surface area contributed by atoms with Crippen molar-refractivity contribution in [2.75, 3.05) is 0 Å². The maximum Gasteiger partial charge on any atom is 0.310 e. The Labute approximate surface area is 127 Å². The Morgan fingerprint density at radius 1 is 1.43 bits per heavy atom. The van der Waals surface area contributed by atoms with Crippen LogP contribution in [0, 0.1) is 17.0 Å². The number of rotatable bonds is 6. The van der Waals surface area contributed by atoms with E-state index in [2.05, 4.69) is 5.10 Å². The molecule has 2 aromatic rings. The molecule has 112 valence electrons.